The van der Waals surface area contributed by atoms with E-state index in [1.807, 2.05) is 24.3 Å². The third-order valence-electron chi connectivity index (χ3n) is 3.14. The number of anilines is 1. The van der Waals surface area contributed by atoms with Crippen molar-refractivity contribution in [1.29, 1.82) is 0 Å². The Morgan fingerprint density at radius 1 is 1.53 bits per heavy atom. The summed E-state index contributed by atoms with van der Waals surface area (Å²) in [5.74, 6) is 0.396. The minimum Gasteiger partial charge on any atom is -0.394 e. The number of aliphatic hydroxyl groups is 1. The second-order valence-corrected chi connectivity index (χ2v) is 5.34. The zero-order valence-corrected chi connectivity index (χ0v) is 11.3. The number of hydrogen-bond donors (Lipinski definition) is 2. The molecule has 3 nitrogen and oxygen atoms in total. The Morgan fingerprint density at radius 3 is 3.06 bits per heavy atom. The van der Waals surface area contributed by atoms with Crippen molar-refractivity contribution in [2.24, 2.45) is 5.92 Å². The van der Waals surface area contributed by atoms with E-state index in [0.29, 0.717) is 5.92 Å². The van der Waals surface area contributed by atoms with E-state index < -0.39 is 0 Å². The zero-order chi connectivity index (χ0) is 12.1. The first-order valence-electron chi connectivity index (χ1n) is 6.00. The number of ether oxygens (including phenoxy) is 1. The van der Waals surface area contributed by atoms with Gasteiger partial charge in [-0.3, -0.25) is 0 Å². The first kappa shape index (κ1) is 12.9. The monoisotopic (exact) mass is 299 g/mol. The molecule has 1 fully saturated rings. The van der Waals surface area contributed by atoms with Gasteiger partial charge >= 0.3 is 0 Å². The summed E-state index contributed by atoms with van der Waals surface area (Å²) in [5, 5.41) is 12.9. The summed E-state index contributed by atoms with van der Waals surface area (Å²) in [4.78, 5) is 0. The summed E-state index contributed by atoms with van der Waals surface area (Å²) in [5.41, 5.74) is 1.03. The molecule has 2 atom stereocenters. The van der Waals surface area contributed by atoms with Gasteiger partial charge in [0.05, 0.1) is 19.3 Å². The molecule has 17 heavy (non-hydrogen) atoms. The van der Waals surface area contributed by atoms with Gasteiger partial charge in [-0.25, -0.2) is 0 Å². The third-order valence-corrected chi connectivity index (χ3v) is 3.63. The van der Waals surface area contributed by atoms with Gasteiger partial charge in [0.1, 0.15) is 0 Å². The molecule has 2 unspecified atom stereocenters. The van der Waals surface area contributed by atoms with Crippen LogP contribution in [-0.2, 0) is 4.74 Å². The summed E-state index contributed by atoms with van der Waals surface area (Å²) >= 11 is 3.44. The lowest BCUT2D eigenvalue weighted by Gasteiger charge is -2.30. The summed E-state index contributed by atoms with van der Waals surface area (Å²) in [6.45, 7) is 1.73. The predicted molar refractivity (Wildman–Crippen MR) is 72.2 cm³/mol. The lowest BCUT2D eigenvalue weighted by Crippen LogP contribution is -2.37. The average Bonchev–Trinajstić information content (AvgIpc) is 2.37. The fourth-order valence-corrected chi connectivity index (χ4v) is 2.59. The molecule has 0 radical (unpaired) electrons. The fraction of sp³-hybridized carbons (Fsp3) is 0.538. The molecule has 1 aliphatic heterocycles. The molecule has 1 saturated heterocycles. The normalized spacial score (nSPS) is 22.1. The maximum Gasteiger partial charge on any atom is 0.0636 e. The molecular formula is C13H18BrNO2. The highest BCUT2D eigenvalue weighted by atomic mass is 79.9. The number of aliphatic hydroxyl groups excluding tert-OH is 1. The van der Waals surface area contributed by atoms with Crippen LogP contribution >= 0.6 is 15.9 Å². The molecule has 94 valence electrons. The van der Waals surface area contributed by atoms with Gasteiger partial charge in [0, 0.05) is 22.7 Å². The highest BCUT2D eigenvalue weighted by Gasteiger charge is 2.23. The Balaban J connectivity index is 1.98. The number of halogens is 1. The van der Waals surface area contributed by atoms with E-state index >= 15 is 0 Å². The van der Waals surface area contributed by atoms with E-state index in [1.165, 1.54) is 0 Å². The van der Waals surface area contributed by atoms with Gasteiger partial charge < -0.3 is 15.2 Å². The number of benzene rings is 1. The molecule has 0 aliphatic carbocycles. The Kier molecular flexibility index (Phi) is 4.83. The Labute approximate surface area is 110 Å². The lowest BCUT2D eigenvalue weighted by atomic mass is 9.94. The topological polar surface area (TPSA) is 41.5 Å². The van der Waals surface area contributed by atoms with Crippen molar-refractivity contribution in [3.8, 4) is 0 Å². The molecule has 0 bridgehead atoms. The quantitative estimate of drug-likeness (QED) is 0.898. The number of rotatable bonds is 4. The average molecular weight is 300 g/mol. The van der Waals surface area contributed by atoms with Gasteiger partial charge in [0.15, 0.2) is 0 Å². The smallest absolute Gasteiger partial charge is 0.0636 e. The van der Waals surface area contributed by atoms with Crippen LogP contribution in [0.1, 0.15) is 12.8 Å². The summed E-state index contributed by atoms with van der Waals surface area (Å²) in [6, 6.07) is 8.08. The van der Waals surface area contributed by atoms with E-state index in [0.717, 1.165) is 36.2 Å². The minimum absolute atomic E-state index is 0.0737. The van der Waals surface area contributed by atoms with Crippen molar-refractivity contribution in [3.63, 3.8) is 0 Å². The van der Waals surface area contributed by atoms with E-state index in [4.69, 9.17) is 4.74 Å². The molecule has 4 heteroatoms. The van der Waals surface area contributed by atoms with Gasteiger partial charge in [-0.1, -0.05) is 22.0 Å². The van der Waals surface area contributed by atoms with Crippen LogP contribution in [0.3, 0.4) is 0 Å². The molecule has 2 N–H and O–H groups in total. The molecule has 0 spiro atoms. The fourth-order valence-electron chi connectivity index (χ4n) is 2.19. The maximum atomic E-state index is 9.48. The first-order valence-corrected chi connectivity index (χ1v) is 6.79. The molecule has 0 saturated carbocycles. The number of hydrogen-bond acceptors (Lipinski definition) is 3. The van der Waals surface area contributed by atoms with Crippen LogP contribution in [0.4, 0.5) is 5.69 Å². The first-order chi connectivity index (χ1) is 8.29. The van der Waals surface area contributed by atoms with Gasteiger partial charge in [0.2, 0.25) is 0 Å². The van der Waals surface area contributed by atoms with Gasteiger partial charge in [-0.15, -0.1) is 0 Å². The standard InChI is InChI=1S/C13H18BrNO2/c14-11-4-1-5-12(7-11)15-13(8-16)10-3-2-6-17-9-10/h1,4-5,7,10,13,15-16H,2-3,6,8-9H2. The maximum absolute atomic E-state index is 9.48. The molecule has 2 rings (SSSR count). The highest BCUT2D eigenvalue weighted by molar-refractivity contribution is 9.10. The molecule has 1 aliphatic rings. The summed E-state index contributed by atoms with van der Waals surface area (Å²) in [7, 11) is 0. The van der Waals surface area contributed by atoms with Crippen LogP contribution in [0.15, 0.2) is 28.7 Å². The van der Waals surface area contributed by atoms with Crippen molar-refractivity contribution < 1.29 is 9.84 Å². The minimum atomic E-state index is 0.0737. The Bertz CT molecular complexity index is 353. The van der Waals surface area contributed by atoms with Crippen LogP contribution in [0.5, 0.6) is 0 Å². The van der Waals surface area contributed by atoms with E-state index in [9.17, 15) is 5.11 Å². The van der Waals surface area contributed by atoms with Crippen molar-refractivity contribution in [2.45, 2.75) is 18.9 Å². The Morgan fingerprint density at radius 2 is 2.41 bits per heavy atom. The highest BCUT2D eigenvalue weighted by Crippen LogP contribution is 2.22. The van der Waals surface area contributed by atoms with E-state index in [2.05, 4.69) is 21.2 Å². The van der Waals surface area contributed by atoms with Crippen LogP contribution in [0.25, 0.3) is 0 Å². The van der Waals surface area contributed by atoms with Crippen molar-refractivity contribution in [2.75, 3.05) is 25.1 Å². The third kappa shape index (κ3) is 3.69. The molecule has 1 aromatic carbocycles. The second kappa shape index (κ2) is 6.38. The SMILES string of the molecule is OCC(Nc1cccc(Br)c1)C1CCCOC1. The van der Waals surface area contributed by atoms with Crippen LogP contribution < -0.4 is 5.32 Å². The molecular weight excluding hydrogens is 282 g/mol. The predicted octanol–water partition coefficient (Wildman–Crippen LogP) is 2.65. The van der Waals surface area contributed by atoms with E-state index in [1.54, 1.807) is 0 Å². The van der Waals surface area contributed by atoms with Gasteiger partial charge in [0.25, 0.3) is 0 Å². The van der Waals surface area contributed by atoms with Gasteiger partial charge in [-0.05, 0) is 31.0 Å². The largest absolute Gasteiger partial charge is 0.394 e. The second-order valence-electron chi connectivity index (χ2n) is 4.42. The molecule has 0 aromatic heterocycles. The summed E-state index contributed by atoms with van der Waals surface area (Å²) < 4.78 is 6.51. The lowest BCUT2D eigenvalue weighted by molar-refractivity contribution is 0.0392. The summed E-state index contributed by atoms with van der Waals surface area (Å²) in [6.07, 6.45) is 2.20. The van der Waals surface area contributed by atoms with Crippen LogP contribution in [0, 0.1) is 5.92 Å². The van der Waals surface area contributed by atoms with Gasteiger partial charge in [-0.2, -0.15) is 0 Å². The zero-order valence-electron chi connectivity index (χ0n) is 9.73. The van der Waals surface area contributed by atoms with Crippen LogP contribution in [0.2, 0.25) is 0 Å². The molecule has 1 heterocycles. The van der Waals surface area contributed by atoms with Crippen LogP contribution in [-0.4, -0.2) is 31.0 Å². The van der Waals surface area contributed by atoms with Crippen molar-refractivity contribution in [1.82, 2.24) is 0 Å². The molecule has 0 amide bonds. The molecule has 1 aromatic rings. The Hall–Kier alpha value is -0.580. The van der Waals surface area contributed by atoms with Crippen molar-refractivity contribution in [3.05, 3.63) is 28.7 Å². The van der Waals surface area contributed by atoms with Crippen molar-refractivity contribution >= 4 is 21.6 Å². The number of nitrogens with one attached hydrogen (secondary N) is 1. The van der Waals surface area contributed by atoms with E-state index in [-0.39, 0.29) is 12.6 Å².